The van der Waals surface area contributed by atoms with Gasteiger partial charge in [0.2, 0.25) is 0 Å². The van der Waals surface area contributed by atoms with Gasteiger partial charge in [0.15, 0.2) is 0 Å². The minimum atomic E-state index is -5.54. The van der Waals surface area contributed by atoms with Crippen LogP contribution in [0.15, 0.2) is 42.5 Å². The van der Waals surface area contributed by atoms with E-state index in [9.17, 15) is 22.7 Å². The van der Waals surface area contributed by atoms with E-state index in [1.165, 1.54) is 19.1 Å². The van der Waals surface area contributed by atoms with Gasteiger partial charge in [-0.3, -0.25) is 0 Å². The summed E-state index contributed by atoms with van der Waals surface area (Å²) in [5.74, 6) is -20.4. The molecule has 1 aliphatic rings. The molecule has 4 rings (SSSR count). The first-order valence-corrected chi connectivity index (χ1v) is 11.1. The largest absolute Gasteiger partial charge is 0.391 e. The van der Waals surface area contributed by atoms with Crippen LogP contribution in [0.25, 0.3) is 10.4 Å². The van der Waals surface area contributed by atoms with Gasteiger partial charge in [0.25, 0.3) is 0 Å². The van der Waals surface area contributed by atoms with Crippen molar-refractivity contribution in [2.75, 3.05) is 0 Å². The number of aliphatic hydroxyl groups is 1. The Balaban J connectivity index is 1.97. The molecule has 31 heavy (non-hydrogen) atoms. The Morgan fingerprint density at radius 1 is 0.839 bits per heavy atom. The molecule has 3 aromatic rings. The summed E-state index contributed by atoms with van der Waals surface area (Å²) in [5.41, 5.74) is 0.0551. The number of rotatable bonds is 4. The minimum Gasteiger partial charge on any atom is -0.391 e. The molecule has 1 aliphatic carbocycles. The highest BCUT2D eigenvalue weighted by Gasteiger charge is 2.85. The number of thiophene rings is 2. The molecule has 2 heterocycles. The molecule has 1 fully saturated rings. The van der Waals surface area contributed by atoms with Crippen molar-refractivity contribution >= 4 is 22.7 Å². The summed E-state index contributed by atoms with van der Waals surface area (Å²) in [5, 5.41) is 9.78. The minimum absolute atomic E-state index is 0.0216. The summed E-state index contributed by atoms with van der Waals surface area (Å²) in [6.45, 7) is 2.35. The van der Waals surface area contributed by atoms with Gasteiger partial charge in [0.1, 0.15) is 0 Å². The van der Waals surface area contributed by atoms with Crippen LogP contribution in [0.5, 0.6) is 0 Å². The maximum absolute atomic E-state index is 15.1. The Labute approximate surface area is 183 Å². The van der Waals surface area contributed by atoms with Gasteiger partial charge in [-0.05, 0) is 42.7 Å². The van der Waals surface area contributed by atoms with Gasteiger partial charge in [0, 0.05) is 19.5 Å². The van der Waals surface area contributed by atoms with Crippen molar-refractivity contribution in [1.29, 1.82) is 0 Å². The molecule has 0 radical (unpaired) electrons. The van der Waals surface area contributed by atoms with E-state index >= 15 is 8.78 Å². The van der Waals surface area contributed by atoms with Gasteiger partial charge in [-0.25, -0.2) is 0 Å². The van der Waals surface area contributed by atoms with Gasteiger partial charge in [0.05, 0.1) is 18.4 Å². The number of halogens is 6. The zero-order valence-corrected chi connectivity index (χ0v) is 18.1. The molecule has 2 aromatic heterocycles. The summed E-state index contributed by atoms with van der Waals surface area (Å²) in [6.07, 6.45) is 0. The normalized spacial score (nSPS) is 23.9. The van der Waals surface area contributed by atoms with Crippen molar-refractivity contribution in [2.45, 2.75) is 50.1 Å². The lowest BCUT2D eigenvalue weighted by molar-refractivity contribution is -0.275. The molecule has 0 spiro atoms. The molecular formula is C22H18F6OS2. The van der Waals surface area contributed by atoms with Crippen LogP contribution >= 0.6 is 22.7 Å². The zero-order chi connectivity index (χ0) is 22.8. The van der Waals surface area contributed by atoms with Gasteiger partial charge in [-0.1, -0.05) is 30.3 Å². The molecule has 2 atom stereocenters. The van der Waals surface area contributed by atoms with E-state index in [2.05, 4.69) is 0 Å². The van der Waals surface area contributed by atoms with Gasteiger partial charge >= 0.3 is 17.8 Å². The van der Waals surface area contributed by atoms with E-state index in [4.69, 9.17) is 0 Å². The van der Waals surface area contributed by atoms with Crippen molar-refractivity contribution < 1.29 is 31.4 Å². The Morgan fingerprint density at radius 3 is 1.94 bits per heavy atom. The number of aryl methyl sites for hydroxylation is 2. The molecule has 0 aliphatic heterocycles. The third kappa shape index (κ3) is 3.15. The van der Waals surface area contributed by atoms with E-state index < -0.39 is 36.2 Å². The molecule has 9 heteroatoms. The molecule has 1 nitrogen and oxygen atoms in total. The van der Waals surface area contributed by atoms with Crippen LogP contribution in [-0.2, 0) is 6.61 Å². The average molecular weight is 477 g/mol. The van der Waals surface area contributed by atoms with Crippen molar-refractivity contribution in [3.05, 3.63) is 68.2 Å². The Morgan fingerprint density at radius 2 is 1.42 bits per heavy atom. The third-order valence-electron chi connectivity index (χ3n) is 5.74. The monoisotopic (exact) mass is 476 g/mol. The predicted molar refractivity (Wildman–Crippen MR) is 110 cm³/mol. The number of hydrogen-bond acceptors (Lipinski definition) is 3. The number of aliphatic hydroxyl groups excluding tert-OH is 1. The molecule has 0 amide bonds. The molecule has 0 saturated heterocycles. The van der Waals surface area contributed by atoms with E-state index in [0.717, 1.165) is 22.7 Å². The lowest BCUT2D eigenvalue weighted by atomic mass is 9.81. The second kappa shape index (κ2) is 7.35. The summed E-state index contributed by atoms with van der Waals surface area (Å²) in [7, 11) is 0. The third-order valence-corrected chi connectivity index (χ3v) is 7.91. The topological polar surface area (TPSA) is 20.2 Å². The van der Waals surface area contributed by atoms with Crippen molar-refractivity contribution in [3.63, 3.8) is 0 Å². The summed E-state index contributed by atoms with van der Waals surface area (Å²) < 4.78 is 89.1. The molecule has 1 aromatic carbocycles. The molecule has 0 bridgehead atoms. The Hall–Kier alpha value is -1.84. The number of benzene rings is 1. The van der Waals surface area contributed by atoms with Crippen LogP contribution in [0, 0.1) is 13.8 Å². The highest BCUT2D eigenvalue weighted by Crippen LogP contribution is 2.69. The Kier molecular flexibility index (Phi) is 5.30. The highest BCUT2D eigenvalue weighted by molar-refractivity contribution is 7.15. The van der Waals surface area contributed by atoms with Crippen LogP contribution in [0.2, 0.25) is 0 Å². The van der Waals surface area contributed by atoms with Crippen molar-refractivity contribution in [1.82, 2.24) is 0 Å². The zero-order valence-electron chi connectivity index (χ0n) is 16.4. The first-order chi connectivity index (χ1) is 14.4. The lowest BCUT2D eigenvalue weighted by Crippen LogP contribution is -2.48. The van der Waals surface area contributed by atoms with Crippen LogP contribution < -0.4 is 0 Å². The van der Waals surface area contributed by atoms with Crippen LogP contribution in [-0.4, -0.2) is 22.9 Å². The van der Waals surface area contributed by atoms with Crippen LogP contribution in [0.3, 0.4) is 0 Å². The number of alkyl halides is 6. The van der Waals surface area contributed by atoms with E-state index in [1.807, 2.05) is 0 Å². The van der Waals surface area contributed by atoms with E-state index in [0.29, 0.717) is 20.2 Å². The summed E-state index contributed by atoms with van der Waals surface area (Å²) in [6, 6.07) is 11.1. The molecular weight excluding hydrogens is 458 g/mol. The van der Waals surface area contributed by atoms with E-state index in [-0.39, 0.29) is 16.0 Å². The fraction of sp³-hybridized carbons (Fsp3) is 0.364. The second-order valence-corrected chi connectivity index (χ2v) is 10.3. The lowest BCUT2D eigenvalue weighted by Gasteiger charge is -2.25. The van der Waals surface area contributed by atoms with Crippen molar-refractivity contribution in [2.24, 2.45) is 0 Å². The first-order valence-electron chi connectivity index (χ1n) is 9.42. The second-order valence-electron chi connectivity index (χ2n) is 7.66. The highest BCUT2D eigenvalue weighted by atomic mass is 32.1. The van der Waals surface area contributed by atoms with Crippen molar-refractivity contribution in [3.8, 4) is 10.4 Å². The molecule has 166 valence electrons. The smallest absolute Gasteiger partial charge is 0.373 e. The number of hydrogen-bond donors (Lipinski definition) is 1. The van der Waals surface area contributed by atoms with Crippen LogP contribution in [0.4, 0.5) is 26.3 Å². The first kappa shape index (κ1) is 22.4. The van der Waals surface area contributed by atoms with Gasteiger partial charge in [-0.15, -0.1) is 22.7 Å². The van der Waals surface area contributed by atoms with Gasteiger partial charge in [-0.2, -0.15) is 26.3 Å². The van der Waals surface area contributed by atoms with Crippen LogP contribution in [0.1, 0.15) is 37.6 Å². The van der Waals surface area contributed by atoms with Gasteiger partial charge < -0.3 is 5.11 Å². The summed E-state index contributed by atoms with van der Waals surface area (Å²) in [4.78, 5) is 1.28. The molecule has 2 unspecified atom stereocenters. The summed E-state index contributed by atoms with van der Waals surface area (Å²) >= 11 is 2.03. The maximum atomic E-state index is 15.1. The fourth-order valence-electron chi connectivity index (χ4n) is 4.31. The molecule has 1 saturated carbocycles. The maximum Gasteiger partial charge on any atom is 0.373 e. The molecule has 1 N–H and O–H groups in total. The SMILES string of the molecule is Cc1cc(C2C(c3cc(-c4ccccc4)sc3CO)C(F)(F)C(F)(F)C2(F)F)c(C)s1. The van der Waals surface area contributed by atoms with E-state index in [1.54, 1.807) is 37.3 Å². The quantitative estimate of drug-likeness (QED) is 0.390. The fourth-order valence-corrected chi connectivity index (χ4v) is 6.36. The standard InChI is InChI=1S/C22H18F6OS2/c1-11-8-14(12(2)30-11)18-19(21(25,26)22(27,28)20(18,23)24)15-9-16(31-17(15)10-29)13-6-4-3-5-7-13/h3-9,18-19,29H,10H2,1-2H3. The Bertz CT molecular complexity index is 1100. The predicted octanol–water partition coefficient (Wildman–Crippen LogP) is 7.37. The average Bonchev–Trinajstić information content (AvgIpc) is 3.30.